The molecule has 10 nitrogen and oxygen atoms in total. The average Bonchev–Trinajstić information content (AvgIpc) is 3.06. The minimum atomic E-state index is -1.01. The fraction of sp³-hybridized carbons (Fsp3) is 0.500. The Morgan fingerprint density at radius 2 is 2.07 bits per heavy atom. The number of carbonyl (C=O) groups excluding carboxylic acids is 1. The molecule has 4 atom stereocenters. The number of allylic oxidation sites excluding steroid dienone is 1. The lowest BCUT2D eigenvalue weighted by Crippen LogP contribution is -2.15. The van der Waals surface area contributed by atoms with E-state index in [4.69, 9.17) is 15.6 Å². The van der Waals surface area contributed by atoms with Crippen molar-refractivity contribution in [3.63, 3.8) is 0 Å². The average molecular weight is 386 g/mol. The molecule has 0 amide bonds. The number of aromatic nitrogens is 4. The first-order valence-electron chi connectivity index (χ1n) is 9.26. The van der Waals surface area contributed by atoms with Gasteiger partial charge in [0.05, 0.1) is 31.8 Å². The van der Waals surface area contributed by atoms with Crippen LogP contribution >= 0.6 is 0 Å². The van der Waals surface area contributed by atoms with Gasteiger partial charge in [-0.05, 0) is 12.8 Å². The van der Waals surface area contributed by atoms with Crippen molar-refractivity contribution in [2.24, 2.45) is 11.7 Å². The highest BCUT2D eigenvalue weighted by molar-refractivity contribution is 5.83. The summed E-state index contributed by atoms with van der Waals surface area (Å²) in [5, 5.41) is 11.9. The Bertz CT molecular complexity index is 926. The summed E-state index contributed by atoms with van der Waals surface area (Å²) in [6.45, 7) is 0.236. The summed E-state index contributed by atoms with van der Waals surface area (Å²) in [5.41, 5.74) is 7.30. The molecule has 2 aromatic heterocycles. The number of carboxylic acids is 1. The zero-order valence-electron chi connectivity index (χ0n) is 15.2. The van der Waals surface area contributed by atoms with Gasteiger partial charge in [-0.3, -0.25) is 9.59 Å². The molecule has 1 saturated carbocycles. The molecule has 10 heteroatoms. The number of nitrogens with two attached hydrogens (primary N) is 1. The Hall–Kier alpha value is -3.01. The molecule has 4 rings (SSSR count). The molecule has 2 aromatic rings. The van der Waals surface area contributed by atoms with Crippen molar-refractivity contribution in [2.45, 2.75) is 43.8 Å². The van der Waals surface area contributed by atoms with Crippen LogP contribution in [0.5, 0.6) is 0 Å². The van der Waals surface area contributed by atoms with Crippen LogP contribution in [-0.4, -0.2) is 55.3 Å². The van der Waals surface area contributed by atoms with E-state index in [2.05, 4.69) is 20.3 Å². The number of rotatable bonds is 8. The number of imidazole rings is 1. The van der Waals surface area contributed by atoms with Crippen molar-refractivity contribution >= 4 is 28.9 Å². The van der Waals surface area contributed by atoms with Crippen LogP contribution < -0.4 is 11.1 Å². The molecule has 28 heavy (non-hydrogen) atoms. The van der Waals surface area contributed by atoms with E-state index in [0.717, 1.165) is 18.5 Å². The van der Waals surface area contributed by atoms with E-state index in [1.54, 1.807) is 6.33 Å². The fourth-order valence-electron chi connectivity index (χ4n) is 3.32. The second-order valence-electron chi connectivity index (χ2n) is 7.22. The van der Waals surface area contributed by atoms with Crippen molar-refractivity contribution < 1.29 is 19.4 Å². The summed E-state index contributed by atoms with van der Waals surface area (Å²) in [5.74, 6) is -0.744. The Morgan fingerprint density at radius 1 is 1.25 bits per heavy atom. The summed E-state index contributed by atoms with van der Waals surface area (Å²) >= 11 is 0. The van der Waals surface area contributed by atoms with E-state index in [9.17, 15) is 9.59 Å². The van der Waals surface area contributed by atoms with Crippen LogP contribution in [0.2, 0.25) is 0 Å². The monoisotopic (exact) mass is 386 g/mol. The molecule has 0 aromatic carbocycles. The van der Waals surface area contributed by atoms with Gasteiger partial charge in [0.25, 0.3) is 0 Å². The van der Waals surface area contributed by atoms with Crippen LogP contribution in [-0.2, 0) is 14.3 Å². The molecule has 2 aliphatic carbocycles. The topological polar surface area (TPSA) is 145 Å². The Balaban J connectivity index is 1.37. The SMILES string of the molecule is NC1CC1Nc1ncnc2c1ncn2C1C=CC(COC(=O)CCC(=O)O)C1. The van der Waals surface area contributed by atoms with Gasteiger partial charge < -0.3 is 25.5 Å². The highest BCUT2D eigenvalue weighted by Crippen LogP contribution is 2.32. The number of anilines is 1. The standard InChI is InChI=1S/C18H22N6O4/c19-12-6-13(12)23-17-16-18(21-8-20-17)24(9-22-16)11-2-1-10(5-11)7-28-15(27)4-3-14(25)26/h1-2,8-13H,3-7,19H2,(H,25,26)(H,20,21,23). The van der Waals surface area contributed by atoms with Crippen LogP contribution in [0.1, 0.15) is 31.7 Å². The van der Waals surface area contributed by atoms with Gasteiger partial charge in [0.1, 0.15) is 11.8 Å². The van der Waals surface area contributed by atoms with Gasteiger partial charge in [0, 0.05) is 18.0 Å². The lowest BCUT2D eigenvalue weighted by molar-refractivity contribution is -0.148. The first-order valence-corrected chi connectivity index (χ1v) is 9.26. The number of ether oxygens (including phenoxy) is 1. The highest BCUT2D eigenvalue weighted by Gasteiger charge is 2.34. The van der Waals surface area contributed by atoms with E-state index in [1.165, 1.54) is 6.33 Å². The second kappa shape index (κ2) is 7.55. The van der Waals surface area contributed by atoms with Gasteiger partial charge in [-0.1, -0.05) is 12.2 Å². The molecule has 0 bridgehead atoms. The number of carbonyl (C=O) groups is 2. The second-order valence-corrected chi connectivity index (χ2v) is 7.22. The highest BCUT2D eigenvalue weighted by atomic mass is 16.5. The van der Waals surface area contributed by atoms with Crippen molar-refractivity contribution in [2.75, 3.05) is 11.9 Å². The first-order chi connectivity index (χ1) is 13.5. The van der Waals surface area contributed by atoms with Crippen LogP contribution in [0.15, 0.2) is 24.8 Å². The first kappa shape index (κ1) is 18.4. The lowest BCUT2D eigenvalue weighted by Gasteiger charge is -2.14. The number of hydrogen-bond donors (Lipinski definition) is 3. The van der Waals surface area contributed by atoms with Crippen LogP contribution in [0, 0.1) is 5.92 Å². The Morgan fingerprint density at radius 3 is 2.82 bits per heavy atom. The summed E-state index contributed by atoms with van der Waals surface area (Å²) in [6.07, 6.45) is 8.64. The van der Waals surface area contributed by atoms with Crippen LogP contribution in [0.3, 0.4) is 0 Å². The van der Waals surface area contributed by atoms with Crippen molar-refractivity contribution in [3.8, 4) is 0 Å². The van der Waals surface area contributed by atoms with E-state index in [0.29, 0.717) is 11.3 Å². The van der Waals surface area contributed by atoms with Gasteiger partial charge in [-0.25, -0.2) is 15.0 Å². The molecule has 0 saturated heterocycles. The van der Waals surface area contributed by atoms with Gasteiger partial charge in [-0.15, -0.1) is 0 Å². The van der Waals surface area contributed by atoms with Gasteiger partial charge >= 0.3 is 11.9 Å². The van der Waals surface area contributed by atoms with Gasteiger partial charge in [-0.2, -0.15) is 0 Å². The molecule has 4 unspecified atom stereocenters. The maximum Gasteiger partial charge on any atom is 0.306 e. The zero-order chi connectivity index (χ0) is 19.7. The fourth-order valence-corrected chi connectivity index (χ4v) is 3.32. The predicted molar refractivity (Wildman–Crippen MR) is 99.4 cm³/mol. The molecule has 2 heterocycles. The van der Waals surface area contributed by atoms with E-state index >= 15 is 0 Å². The van der Waals surface area contributed by atoms with Crippen molar-refractivity contribution in [1.29, 1.82) is 0 Å². The molecule has 0 radical (unpaired) electrons. The number of esters is 1. The normalized spacial score (nSPS) is 25.8. The molecular weight excluding hydrogens is 364 g/mol. The molecule has 0 spiro atoms. The van der Waals surface area contributed by atoms with Gasteiger partial charge in [0.15, 0.2) is 11.5 Å². The molecular formula is C18H22N6O4. The van der Waals surface area contributed by atoms with Crippen LogP contribution in [0.4, 0.5) is 5.82 Å². The number of aliphatic carboxylic acids is 1. The van der Waals surface area contributed by atoms with Gasteiger partial charge in [0.2, 0.25) is 0 Å². The summed E-state index contributed by atoms with van der Waals surface area (Å²) in [6, 6.07) is 0.442. The largest absolute Gasteiger partial charge is 0.481 e. The third kappa shape index (κ3) is 3.96. The van der Waals surface area contributed by atoms with Crippen LogP contribution in [0.25, 0.3) is 11.2 Å². The number of hydrogen-bond acceptors (Lipinski definition) is 8. The summed E-state index contributed by atoms with van der Waals surface area (Å²) < 4.78 is 7.17. The molecule has 1 fully saturated rings. The maximum atomic E-state index is 11.6. The minimum absolute atomic E-state index is 0.0543. The summed E-state index contributed by atoms with van der Waals surface area (Å²) in [7, 11) is 0. The van der Waals surface area contributed by atoms with E-state index < -0.39 is 11.9 Å². The third-order valence-electron chi connectivity index (χ3n) is 5.03. The van der Waals surface area contributed by atoms with E-state index in [-0.39, 0.29) is 43.5 Å². The quantitative estimate of drug-likeness (QED) is 0.444. The minimum Gasteiger partial charge on any atom is -0.481 e. The Labute approximate surface area is 160 Å². The number of fused-ring (bicyclic) bond motifs is 1. The zero-order valence-corrected chi connectivity index (χ0v) is 15.2. The summed E-state index contributed by atoms with van der Waals surface area (Å²) in [4.78, 5) is 35.2. The molecule has 148 valence electrons. The lowest BCUT2D eigenvalue weighted by atomic mass is 10.1. The van der Waals surface area contributed by atoms with E-state index in [1.807, 2.05) is 16.7 Å². The molecule has 0 aliphatic heterocycles. The third-order valence-corrected chi connectivity index (χ3v) is 5.03. The molecule has 2 aliphatic rings. The number of carboxylic acid groups (broad SMARTS) is 1. The number of nitrogens with zero attached hydrogens (tertiary/aromatic N) is 4. The Kier molecular flexibility index (Phi) is 4.95. The predicted octanol–water partition coefficient (Wildman–Crippen LogP) is 0.863. The van der Waals surface area contributed by atoms with Crippen molar-refractivity contribution in [3.05, 3.63) is 24.8 Å². The van der Waals surface area contributed by atoms with Crippen molar-refractivity contribution in [1.82, 2.24) is 19.5 Å². The maximum absolute atomic E-state index is 11.6. The number of nitrogens with one attached hydrogen (secondary N) is 1. The molecule has 4 N–H and O–H groups in total. The smallest absolute Gasteiger partial charge is 0.306 e.